The van der Waals surface area contributed by atoms with Gasteiger partial charge in [-0.1, -0.05) is 58.1 Å². The Kier molecular flexibility index (Phi) is 22.2. The minimum Gasteiger partial charge on any atom is -0.457 e. The lowest BCUT2D eigenvalue weighted by Crippen LogP contribution is -2.46. The third-order valence-corrected chi connectivity index (χ3v) is 11.2. The Morgan fingerprint density at radius 2 is 1.61 bits per heavy atom. The number of nitro groups is 1. The quantitative estimate of drug-likeness (QED) is 0.0140. The third-order valence-electron chi connectivity index (χ3n) is 11.2. The zero-order valence-corrected chi connectivity index (χ0v) is 38.9. The van der Waals surface area contributed by atoms with Crippen LogP contribution < -0.4 is 4.89 Å². The molecule has 2 aliphatic heterocycles. The van der Waals surface area contributed by atoms with Gasteiger partial charge in [0.2, 0.25) is 0 Å². The second-order valence-corrected chi connectivity index (χ2v) is 16.5. The molecule has 62 heavy (non-hydrogen) atoms. The maximum atomic E-state index is 14.1. The summed E-state index contributed by atoms with van der Waals surface area (Å²) in [5.74, 6) is -2.16. The van der Waals surface area contributed by atoms with Crippen molar-refractivity contribution in [2.45, 2.75) is 170 Å². The highest BCUT2D eigenvalue weighted by molar-refractivity contribution is 5.75. The average molecular weight is 876 g/mol. The van der Waals surface area contributed by atoms with Crippen molar-refractivity contribution < 1.29 is 62.2 Å². The number of esters is 1. The number of hydrogen-bond donors (Lipinski definition) is 0. The molecule has 1 aromatic carbocycles. The Bertz CT molecular complexity index is 1620. The number of nitrogens with zero attached hydrogens (tertiary/aromatic N) is 1. The van der Waals surface area contributed by atoms with Crippen molar-refractivity contribution in [1.29, 1.82) is 0 Å². The molecule has 0 bridgehead atoms. The standard InChI is InChI=1S/C47H73NO14/c1-13-41(57-35(10)54-15-3)33(8)45-42(58-45)28-30(5)18-17-19-31(6)44-32(7)20-25-40(46(50)62-61-38-23-21-37(22-24-38)48(51)52)47(12,60-36(11)55-16-4)27-26-39(29-43(49)59-44)56-34(9)53-14-2/h17-25,30,32-36,39-42,44-45H,13-16,26-29H2,1-12H3. The maximum absolute atomic E-state index is 14.1. The highest BCUT2D eigenvalue weighted by atomic mass is 17.2. The molecule has 0 amide bonds. The summed E-state index contributed by atoms with van der Waals surface area (Å²) in [5, 5.41) is 11.2. The summed E-state index contributed by atoms with van der Waals surface area (Å²) in [5.41, 5.74) is -0.604. The lowest BCUT2D eigenvalue weighted by atomic mass is 9.82. The number of carbonyl (C=O) groups is 2. The number of carbonyl (C=O) groups excluding carboxylic acids is 2. The van der Waals surface area contributed by atoms with Crippen LogP contribution in [0.1, 0.15) is 115 Å². The summed E-state index contributed by atoms with van der Waals surface area (Å²) in [6.45, 7) is 24.5. The number of cyclic esters (lactones) is 1. The van der Waals surface area contributed by atoms with Gasteiger partial charge in [-0.05, 0) is 105 Å². The van der Waals surface area contributed by atoms with Crippen LogP contribution in [0.2, 0.25) is 0 Å². The van der Waals surface area contributed by atoms with E-state index < -0.39 is 59.1 Å². The van der Waals surface area contributed by atoms with E-state index in [0.717, 1.165) is 18.4 Å². The molecule has 0 aromatic heterocycles. The molecule has 13 atom stereocenters. The van der Waals surface area contributed by atoms with Crippen LogP contribution in [0.4, 0.5) is 5.69 Å². The second-order valence-electron chi connectivity index (χ2n) is 16.5. The molecule has 0 radical (unpaired) electrons. The summed E-state index contributed by atoms with van der Waals surface area (Å²) < 4.78 is 48.3. The van der Waals surface area contributed by atoms with Gasteiger partial charge in [0.15, 0.2) is 24.6 Å². The minimum absolute atomic E-state index is 0.0409. The molecule has 15 heteroatoms. The van der Waals surface area contributed by atoms with E-state index in [1.54, 1.807) is 26.8 Å². The summed E-state index contributed by atoms with van der Waals surface area (Å²) in [4.78, 5) is 49.2. The molecular weight excluding hydrogens is 803 g/mol. The molecule has 2 aliphatic rings. The van der Waals surface area contributed by atoms with Crippen LogP contribution in [0, 0.1) is 33.8 Å². The Balaban J connectivity index is 1.89. The largest absolute Gasteiger partial charge is 0.457 e. The minimum atomic E-state index is -1.26. The van der Waals surface area contributed by atoms with Crippen molar-refractivity contribution in [3.63, 3.8) is 0 Å². The molecule has 2 heterocycles. The molecule has 1 fully saturated rings. The maximum Gasteiger partial charge on any atom is 0.365 e. The molecule has 350 valence electrons. The Labute approximate surface area is 368 Å². The highest BCUT2D eigenvalue weighted by Crippen LogP contribution is 2.38. The molecule has 0 saturated carbocycles. The number of epoxide rings is 1. The number of benzene rings is 1. The highest BCUT2D eigenvalue weighted by Gasteiger charge is 2.46. The fourth-order valence-electron chi connectivity index (χ4n) is 7.89. The van der Waals surface area contributed by atoms with E-state index in [1.165, 1.54) is 24.3 Å². The van der Waals surface area contributed by atoms with Gasteiger partial charge < -0.3 is 37.9 Å². The van der Waals surface area contributed by atoms with Gasteiger partial charge in [-0.25, -0.2) is 9.68 Å². The van der Waals surface area contributed by atoms with E-state index in [4.69, 9.17) is 47.7 Å². The molecule has 1 aromatic rings. The van der Waals surface area contributed by atoms with Gasteiger partial charge in [-0.2, -0.15) is 0 Å². The number of allylic oxidation sites excluding steroid dienone is 3. The van der Waals surface area contributed by atoms with Crippen molar-refractivity contribution in [2.24, 2.45) is 23.7 Å². The number of rotatable bonds is 24. The SMILES string of the molecule is CCOC(C)OC1CCC(C)(OC(C)OCC)C(C(=O)OOc2ccc([N+](=O)[O-])cc2)C=CC(C)C(C(C)=CC=CC(C)CC2OC2C(C)C(CC)OC(C)OCC)OC(=O)C1. The normalized spacial score (nSPS) is 27.8. The average Bonchev–Trinajstić information content (AvgIpc) is 3.98. The van der Waals surface area contributed by atoms with Crippen LogP contribution in [-0.4, -0.2) is 91.7 Å². The Morgan fingerprint density at radius 1 is 0.968 bits per heavy atom. The van der Waals surface area contributed by atoms with E-state index >= 15 is 0 Å². The van der Waals surface area contributed by atoms with Gasteiger partial charge >= 0.3 is 11.9 Å². The fourth-order valence-corrected chi connectivity index (χ4v) is 7.89. The first kappa shape index (κ1) is 52.6. The van der Waals surface area contributed by atoms with E-state index in [0.29, 0.717) is 19.8 Å². The first-order valence-electron chi connectivity index (χ1n) is 22.3. The van der Waals surface area contributed by atoms with E-state index in [9.17, 15) is 19.7 Å². The fraction of sp³-hybridized carbons (Fsp3) is 0.702. The van der Waals surface area contributed by atoms with Crippen LogP contribution in [0.5, 0.6) is 5.75 Å². The summed E-state index contributed by atoms with van der Waals surface area (Å²) in [6.07, 6.45) is 9.04. The number of non-ortho nitro benzene ring substituents is 1. The van der Waals surface area contributed by atoms with Crippen molar-refractivity contribution in [3.8, 4) is 5.75 Å². The van der Waals surface area contributed by atoms with Crippen molar-refractivity contribution >= 4 is 17.6 Å². The van der Waals surface area contributed by atoms with Gasteiger partial charge in [-0.3, -0.25) is 19.8 Å². The van der Waals surface area contributed by atoms with Crippen LogP contribution in [0.15, 0.2) is 60.2 Å². The van der Waals surface area contributed by atoms with E-state index in [1.807, 2.05) is 59.8 Å². The first-order chi connectivity index (χ1) is 29.4. The molecule has 3 rings (SSSR count). The van der Waals surface area contributed by atoms with Crippen LogP contribution in [-0.2, 0) is 52.4 Å². The van der Waals surface area contributed by atoms with Crippen LogP contribution in [0.3, 0.4) is 0 Å². The monoisotopic (exact) mass is 876 g/mol. The van der Waals surface area contributed by atoms with Crippen molar-refractivity contribution in [1.82, 2.24) is 0 Å². The first-order valence-corrected chi connectivity index (χ1v) is 22.3. The van der Waals surface area contributed by atoms with Crippen molar-refractivity contribution in [2.75, 3.05) is 19.8 Å². The van der Waals surface area contributed by atoms with Crippen LogP contribution in [0.25, 0.3) is 0 Å². The van der Waals surface area contributed by atoms with Gasteiger partial charge in [0, 0.05) is 43.8 Å². The smallest absolute Gasteiger partial charge is 0.365 e. The molecule has 13 unspecified atom stereocenters. The molecule has 1 saturated heterocycles. The van der Waals surface area contributed by atoms with Gasteiger partial charge in [0.1, 0.15) is 12.0 Å². The second kappa shape index (κ2) is 26.2. The Morgan fingerprint density at radius 3 is 2.24 bits per heavy atom. The topological polar surface area (TPSA) is 173 Å². The Hall–Kier alpha value is -3.70. The number of nitro benzene ring substituents is 1. The number of hydrogen-bond acceptors (Lipinski definition) is 14. The molecular formula is C47H73NO14. The van der Waals surface area contributed by atoms with Gasteiger partial charge in [0.25, 0.3) is 5.69 Å². The predicted octanol–water partition coefficient (Wildman–Crippen LogP) is 9.37. The molecule has 15 nitrogen and oxygen atoms in total. The lowest BCUT2D eigenvalue weighted by Gasteiger charge is -2.38. The zero-order chi connectivity index (χ0) is 46.0. The lowest BCUT2D eigenvalue weighted by molar-refractivity contribution is -0.384. The zero-order valence-electron chi connectivity index (χ0n) is 38.9. The summed E-state index contributed by atoms with van der Waals surface area (Å²) in [7, 11) is 0. The van der Waals surface area contributed by atoms with Gasteiger partial charge in [0.05, 0.1) is 41.4 Å². The predicted molar refractivity (Wildman–Crippen MR) is 233 cm³/mol. The summed E-state index contributed by atoms with van der Waals surface area (Å²) in [6, 6.07) is 5.17. The third kappa shape index (κ3) is 17.1. The van der Waals surface area contributed by atoms with Crippen molar-refractivity contribution in [3.05, 3.63) is 70.3 Å². The molecule has 0 N–H and O–H groups in total. The van der Waals surface area contributed by atoms with Crippen LogP contribution >= 0.6 is 0 Å². The molecule has 0 spiro atoms. The molecule has 0 aliphatic carbocycles. The van der Waals surface area contributed by atoms with Gasteiger partial charge in [-0.15, -0.1) is 0 Å². The summed E-state index contributed by atoms with van der Waals surface area (Å²) >= 11 is 0. The number of ether oxygens (including phenoxy) is 8. The van der Waals surface area contributed by atoms with E-state index in [2.05, 4.69) is 26.8 Å². The van der Waals surface area contributed by atoms with E-state index in [-0.39, 0.29) is 67.1 Å².